The van der Waals surface area contributed by atoms with Gasteiger partial charge in [-0.2, -0.15) is 0 Å². The van der Waals surface area contributed by atoms with Gasteiger partial charge in [0.1, 0.15) is 23.7 Å². The lowest BCUT2D eigenvalue weighted by atomic mass is 9.83. The molecule has 1 heterocycles. The second-order valence-electron chi connectivity index (χ2n) is 11.5. The standard InChI is InChI=1S/C23H41N3O6/c1-21(2,3)15(18(28)25-16(19(29)31-10)22(4,5)6)24-17(27)14-12-11-13-26(14)20(30)32-23(7,8)9/h14-16H,11-13H2,1-10H3,(H,24,27)(H,25,28)/t14-,15+,16+/m0/s1. The maximum absolute atomic E-state index is 13.2. The van der Waals surface area contributed by atoms with Crippen LogP contribution in [0.15, 0.2) is 0 Å². The molecule has 1 rings (SSSR count). The molecule has 9 nitrogen and oxygen atoms in total. The molecule has 184 valence electrons. The van der Waals surface area contributed by atoms with Crippen molar-refractivity contribution < 1.29 is 28.7 Å². The van der Waals surface area contributed by atoms with Gasteiger partial charge in [0, 0.05) is 6.54 Å². The van der Waals surface area contributed by atoms with E-state index in [-0.39, 0.29) is 0 Å². The molecule has 3 atom stereocenters. The number of methoxy groups -OCH3 is 1. The van der Waals surface area contributed by atoms with Gasteiger partial charge in [-0.15, -0.1) is 0 Å². The molecule has 0 aromatic carbocycles. The third kappa shape index (κ3) is 7.67. The molecule has 1 fully saturated rings. The highest BCUT2D eigenvalue weighted by molar-refractivity contribution is 5.93. The van der Waals surface area contributed by atoms with Gasteiger partial charge in [0.25, 0.3) is 0 Å². The predicted octanol–water partition coefficient (Wildman–Crippen LogP) is 2.62. The molecule has 1 aliphatic heterocycles. The zero-order valence-electron chi connectivity index (χ0n) is 21.3. The summed E-state index contributed by atoms with van der Waals surface area (Å²) in [5, 5.41) is 5.55. The lowest BCUT2D eigenvalue weighted by Gasteiger charge is -2.36. The van der Waals surface area contributed by atoms with E-state index >= 15 is 0 Å². The Morgan fingerprint density at radius 3 is 1.84 bits per heavy atom. The molecule has 1 saturated heterocycles. The first-order chi connectivity index (χ1) is 14.4. The smallest absolute Gasteiger partial charge is 0.410 e. The molecule has 0 radical (unpaired) electrons. The molecule has 0 aromatic heterocycles. The van der Waals surface area contributed by atoms with Crippen LogP contribution in [0.1, 0.15) is 75.2 Å². The maximum Gasteiger partial charge on any atom is 0.410 e. The van der Waals surface area contributed by atoms with Crippen molar-refractivity contribution >= 4 is 23.9 Å². The monoisotopic (exact) mass is 455 g/mol. The number of hydrogen-bond acceptors (Lipinski definition) is 6. The Morgan fingerprint density at radius 2 is 1.41 bits per heavy atom. The van der Waals surface area contributed by atoms with E-state index in [1.165, 1.54) is 12.0 Å². The van der Waals surface area contributed by atoms with Crippen LogP contribution in [0.5, 0.6) is 0 Å². The summed E-state index contributed by atoms with van der Waals surface area (Å²) in [4.78, 5) is 52.5. The van der Waals surface area contributed by atoms with Crippen LogP contribution in [-0.4, -0.2) is 66.2 Å². The summed E-state index contributed by atoms with van der Waals surface area (Å²) in [7, 11) is 1.27. The van der Waals surface area contributed by atoms with Crippen molar-refractivity contribution in [2.75, 3.05) is 13.7 Å². The number of nitrogens with one attached hydrogen (secondary N) is 2. The summed E-state index contributed by atoms with van der Waals surface area (Å²) in [6.07, 6.45) is 0.597. The van der Waals surface area contributed by atoms with E-state index in [4.69, 9.17) is 9.47 Å². The molecule has 0 aliphatic carbocycles. The molecule has 0 saturated carbocycles. The van der Waals surface area contributed by atoms with Crippen LogP contribution in [0, 0.1) is 10.8 Å². The minimum atomic E-state index is -0.925. The van der Waals surface area contributed by atoms with Gasteiger partial charge in [-0.3, -0.25) is 14.5 Å². The number of likely N-dealkylation sites (tertiary alicyclic amines) is 1. The Balaban J connectivity index is 3.04. The second-order valence-corrected chi connectivity index (χ2v) is 11.5. The minimum Gasteiger partial charge on any atom is -0.467 e. The fourth-order valence-corrected chi connectivity index (χ4v) is 3.46. The Bertz CT molecular complexity index is 715. The zero-order chi connectivity index (χ0) is 25.1. The molecule has 0 spiro atoms. The van der Waals surface area contributed by atoms with E-state index in [9.17, 15) is 19.2 Å². The van der Waals surface area contributed by atoms with Gasteiger partial charge in [0.05, 0.1) is 7.11 Å². The Morgan fingerprint density at radius 1 is 0.875 bits per heavy atom. The van der Waals surface area contributed by atoms with Gasteiger partial charge in [0.15, 0.2) is 0 Å². The summed E-state index contributed by atoms with van der Waals surface area (Å²) in [6.45, 7) is 16.6. The topological polar surface area (TPSA) is 114 Å². The van der Waals surface area contributed by atoms with Crippen molar-refractivity contribution in [1.29, 1.82) is 0 Å². The number of esters is 1. The van der Waals surface area contributed by atoms with E-state index in [1.807, 2.05) is 41.5 Å². The highest BCUT2D eigenvalue weighted by Crippen LogP contribution is 2.25. The van der Waals surface area contributed by atoms with E-state index in [0.29, 0.717) is 19.4 Å². The molecule has 3 amide bonds. The number of hydrogen-bond donors (Lipinski definition) is 2. The molecule has 0 unspecified atom stereocenters. The second kappa shape index (κ2) is 10.1. The molecular formula is C23H41N3O6. The van der Waals surface area contributed by atoms with Crippen LogP contribution in [0.3, 0.4) is 0 Å². The van der Waals surface area contributed by atoms with Crippen LogP contribution in [0.2, 0.25) is 0 Å². The molecule has 9 heteroatoms. The molecule has 0 aromatic rings. The average molecular weight is 456 g/mol. The Hall–Kier alpha value is -2.32. The van der Waals surface area contributed by atoms with Gasteiger partial charge in [-0.1, -0.05) is 41.5 Å². The van der Waals surface area contributed by atoms with Gasteiger partial charge in [0.2, 0.25) is 11.8 Å². The SMILES string of the molecule is COC(=O)[C@@H](NC(=O)[C@@H](NC(=O)[C@@H]1CCCN1C(=O)OC(C)(C)C)C(C)(C)C)C(C)(C)C. The van der Waals surface area contributed by atoms with Crippen LogP contribution in [0.4, 0.5) is 4.79 Å². The number of carbonyl (C=O) groups excluding carboxylic acids is 4. The Kier molecular flexibility index (Phi) is 8.73. The third-order valence-electron chi connectivity index (χ3n) is 5.19. The van der Waals surface area contributed by atoms with Crippen molar-refractivity contribution in [3.63, 3.8) is 0 Å². The number of carbonyl (C=O) groups is 4. The van der Waals surface area contributed by atoms with E-state index in [1.54, 1.807) is 20.8 Å². The molecule has 2 N–H and O–H groups in total. The van der Waals surface area contributed by atoms with Gasteiger partial charge in [-0.05, 0) is 44.4 Å². The first-order valence-electron chi connectivity index (χ1n) is 11.1. The van der Waals surface area contributed by atoms with E-state index < -0.39 is 58.4 Å². The van der Waals surface area contributed by atoms with Crippen molar-refractivity contribution in [2.24, 2.45) is 10.8 Å². The van der Waals surface area contributed by atoms with Gasteiger partial charge in [-0.25, -0.2) is 9.59 Å². The van der Waals surface area contributed by atoms with Gasteiger partial charge >= 0.3 is 12.1 Å². The zero-order valence-corrected chi connectivity index (χ0v) is 21.3. The number of ether oxygens (including phenoxy) is 2. The molecule has 1 aliphatic rings. The molecular weight excluding hydrogens is 414 g/mol. The Labute approximate surface area is 191 Å². The van der Waals surface area contributed by atoms with Gasteiger partial charge < -0.3 is 20.1 Å². The normalized spacial score (nSPS) is 19.1. The average Bonchev–Trinajstić information content (AvgIpc) is 3.09. The van der Waals surface area contributed by atoms with Crippen LogP contribution in [-0.2, 0) is 23.9 Å². The van der Waals surface area contributed by atoms with E-state index in [0.717, 1.165) is 0 Å². The first-order valence-corrected chi connectivity index (χ1v) is 11.1. The van der Waals surface area contributed by atoms with Crippen LogP contribution < -0.4 is 10.6 Å². The maximum atomic E-state index is 13.2. The fraction of sp³-hybridized carbons (Fsp3) is 0.826. The predicted molar refractivity (Wildman–Crippen MR) is 121 cm³/mol. The van der Waals surface area contributed by atoms with Crippen molar-refractivity contribution in [3.05, 3.63) is 0 Å². The number of rotatable bonds is 5. The summed E-state index contributed by atoms with van der Waals surface area (Å²) in [6, 6.07) is -2.53. The largest absolute Gasteiger partial charge is 0.467 e. The van der Waals surface area contributed by atoms with E-state index in [2.05, 4.69) is 10.6 Å². The summed E-state index contributed by atoms with van der Waals surface area (Å²) < 4.78 is 10.3. The molecule has 0 bridgehead atoms. The fourth-order valence-electron chi connectivity index (χ4n) is 3.46. The molecule has 32 heavy (non-hydrogen) atoms. The number of amides is 3. The highest BCUT2D eigenvalue weighted by atomic mass is 16.6. The summed E-state index contributed by atoms with van der Waals surface area (Å²) in [5.41, 5.74) is -1.91. The van der Waals surface area contributed by atoms with Crippen molar-refractivity contribution in [2.45, 2.75) is 98.9 Å². The summed E-state index contributed by atoms with van der Waals surface area (Å²) in [5.74, 6) is -1.47. The highest BCUT2D eigenvalue weighted by Gasteiger charge is 2.42. The van der Waals surface area contributed by atoms with Crippen molar-refractivity contribution in [3.8, 4) is 0 Å². The van der Waals surface area contributed by atoms with Crippen LogP contribution in [0.25, 0.3) is 0 Å². The third-order valence-corrected chi connectivity index (χ3v) is 5.19. The quantitative estimate of drug-likeness (QED) is 0.616. The minimum absolute atomic E-state index is 0.411. The van der Waals surface area contributed by atoms with Crippen LogP contribution >= 0.6 is 0 Å². The summed E-state index contributed by atoms with van der Waals surface area (Å²) >= 11 is 0. The first kappa shape index (κ1) is 27.7. The number of nitrogens with zero attached hydrogens (tertiary/aromatic N) is 1. The lowest BCUT2D eigenvalue weighted by Crippen LogP contribution is -2.61. The lowest BCUT2D eigenvalue weighted by molar-refractivity contribution is -0.149. The van der Waals surface area contributed by atoms with Crippen molar-refractivity contribution in [1.82, 2.24) is 15.5 Å².